The van der Waals surface area contributed by atoms with Gasteiger partial charge in [0, 0.05) is 26.3 Å². The van der Waals surface area contributed by atoms with Crippen LogP contribution in [0.3, 0.4) is 0 Å². The van der Waals surface area contributed by atoms with Crippen LogP contribution in [0.4, 0.5) is 0 Å². The molecular formula is C19H23N11S. The van der Waals surface area contributed by atoms with Gasteiger partial charge in [-0.05, 0) is 18.9 Å². The maximum atomic E-state index is 4.70. The summed E-state index contributed by atoms with van der Waals surface area (Å²) in [7, 11) is 3.79. The summed E-state index contributed by atoms with van der Waals surface area (Å²) < 4.78 is 7.41. The third-order valence-corrected chi connectivity index (χ3v) is 6.01. The lowest BCUT2D eigenvalue weighted by Crippen LogP contribution is -2.08. The van der Waals surface area contributed by atoms with Gasteiger partial charge in [0.15, 0.2) is 28.1 Å². The molecule has 5 aromatic heterocycles. The maximum Gasteiger partial charge on any atom is 0.191 e. The summed E-state index contributed by atoms with van der Waals surface area (Å²) in [4.78, 5) is 9.12. The van der Waals surface area contributed by atoms with Crippen LogP contribution in [-0.2, 0) is 26.4 Å². The van der Waals surface area contributed by atoms with Gasteiger partial charge in [0.25, 0.3) is 0 Å². The summed E-state index contributed by atoms with van der Waals surface area (Å²) in [5.41, 5.74) is 3.44. The second-order valence-electron chi connectivity index (χ2n) is 7.94. The normalized spacial score (nSPS) is 12.1. The predicted octanol–water partition coefficient (Wildman–Crippen LogP) is 2.26. The van der Waals surface area contributed by atoms with Crippen LogP contribution < -0.4 is 0 Å². The zero-order valence-corrected chi connectivity index (χ0v) is 18.9. The predicted molar refractivity (Wildman–Crippen MR) is 116 cm³/mol. The fourth-order valence-corrected chi connectivity index (χ4v) is 4.25. The van der Waals surface area contributed by atoms with Gasteiger partial charge in [0.1, 0.15) is 12.0 Å². The van der Waals surface area contributed by atoms with Gasteiger partial charge in [0.2, 0.25) is 0 Å². The zero-order chi connectivity index (χ0) is 21.7. The van der Waals surface area contributed by atoms with Gasteiger partial charge in [-0.25, -0.2) is 14.5 Å². The molecule has 0 saturated carbocycles. The number of fused-ring (bicyclic) bond motifs is 3. The molecule has 5 aromatic rings. The Morgan fingerprint density at radius 2 is 1.90 bits per heavy atom. The van der Waals surface area contributed by atoms with Crippen molar-refractivity contribution in [2.24, 2.45) is 20.0 Å². The Morgan fingerprint density at radius 3 is 2.65 bits per heavy atom. The third-order valence-electron chi connectivity index (χ3n) is 5.05. The zero-order valence-electron chi connectivity index (χ0n) is 18.1. The standard InChI is InChI=1S/C19H23N11S/c1-11(2)8-29-18(14-6-12(3)27(4)25-14)23-24-19(29)31-9-15-22-17-13-7-21-28(5)16(13)20-10-30(17)26-15/h6-7,10-11H,8-9H2,1-5H3. The van der Waals surface area contributed by atoms with E-state index in [1.807, 2.05) is 31.8 Å². The van der Waals surface area contributed by atoms with E-state index < -0.39 is 0 Å². The van der Waals surface area contributed by atoms with E-state index in [1.54, 1.807) is 33.5 Å². The molecule has 12 heteroatoms. The molecule has 0 aliphatic heterocycles. The van der Waals surface area contributed by atoms with E-state index in [0.29, 0.717) is 17.5 Å². The Hall–Kier alpha value is -3.28. The van der Waals surface area contributed by atoms with E-state index in [4.69, 9.17) is 4.98 Å². The average molecular weight is 438 g/mol. The van der Waals surface area contributed by atoms with Crippen molar-refractivity contribution in [1.82, 2.24) is 53.9 Å². The van der Waals surface area contributed by atoms with E-state index >= 15 is 0 Å². The Kier molecular flexibility index (Phi) is 4.73. The highest BCUT2D eigenvalue weighted by atomic mass is 32.2. The number of hydrogen-bond acceptors (Lipinski definition) is 8. The first-order valence-corrected chi connectivity index (χ1v) is 11.0. The number of aromatic nitrogens is 11. The van der Waals surface area contributed by atoms with Gasteiger partial charge in [-0.1, -0.05) is 25.6 Å². The monoisotopic (exact) mass is 437 g/mol. The molecule has 0 bridgehead atoms. The minimum atomic E-state index is 0.442. The molecule has 11 nitrogen and oxygen atoms in total. The van der Waals surface area contributed by atoms with Crippen LogP contribution in [0, 0.1) is 12.8 Å². The van der Waals surface area contributed by atoms with E-state index in [9.17, 15) is 0 Å². The fourth-order valence-electron chi connectivity index (χ4n) is 3.46. The van der Waals surface area contributed by atoms with Gasteiger partial charge in [0.05, 0.1) is 17.3 Å². The summed E-state index contributed by atoms with van der Waals surface area (Å²) in [6.45, 7) is 7.19. The highest BCUT2D eigenvalue weighted by molar-refractivity contribution is 7.98. The summed E-state index contributed by atoms with van der Waals surface area (Å²) >= 11 is 1.57. The molecule has 0 aromatic carbocycles. The lowest BCUT2D eigenvalue weighted by atomic mass is 10.2. The van der Waals surface area contributed by atoms with Crippen molar-refractivity contribution in [1.29, 1.82) is 0 Å². The van der Waals surface area contributed by atoms with Crippen LogP contribution in [0.15, 0.2) is 23.7 Å². The minimum absolute atomic E-state index is 0.442. The summed E-state index contributed by atoms with van der Waals surface area (Å²) in [5, 5.41) is 24.0. The summed E-state index contributed by atoms with van der Waals surface area (Å²) in [6.07, 6.45) is 3.44. The molecular weight excluding hydrogens is 414 g/mol. The second kappa shape index (κ2) is 7.45. The molecule has 0 fully saturated rings. The van der Waals surface area contributed by atoms with E-state index in [1.165, 1.54) is 0 Å². The van der Waals surface area contributed by atoms with E-state index in [2.05, 4.69) is 48.9 Å². The smallest absolute Gasteiger partial charge is 0.191 e. The Bertz CT molecular complexity index is 1370. The van der Waals surface area contributed by atoms with E-state index in [-0.39, 0.29) is 0 Å². The Morgan fingerprint density at radius 1 is 1.06 bits per heavy atom. The highest BCUT2D eigenvalue weighted by Crippen LogP contribution is 2.27. The summed E-state index contributed by atoms with van der Waals surface area (Å²) in [6, 6.07) is 2.03. The summed E-state index contributed by atoms with van der Waals surface area (Å²) in [5.74, 6) is 2.50. The molecule has 31 heavy (non-hydrogen) atoms. The first-order valence-electron chi connectivity index (χ1n) is 9.99. The molecule has 0 N–H and O–H groups in total. The van der Waals surface area contributed by atoms with Crippen LogP contribution in [0.5, 0.6) is 0 Å². The molecule has 160 valence electrons. The number of nitrogens with zero attached hydrogens (tertiary/aromatic N) is 11. The number of aryl methyl sites for hydroxylation is 3. The number of rotatable bonds is 6. The van der Waals surface area contributed by atoms with Crippen molar-refractivity contribution in [3.63, 3.8) is 0 Å². The molecule has 0 atom stereocenters. The topological polar surface area (TPSA) is 109 Å². The largest absolute Gasteiger partial charge is 0.300 e. The lowest BCUT2D eigenvalue weighted by molar-refractivity contribution is 0.497. The van der Waals surface area contributed by atoms with Crippen LogP contribution in [0.2, 0.25) is 0 Å². The van der Waals surface area contributed by atoms with Gasteiger partial charge >= 0.3 is 0 Å². The first-order chi connectivity index (χ1) is 14.9. The van der Waals surface area contributed by atoms with Crippen LogP contribution in [0.25, 0.3) is 28.2 Å². The van der Waals surface area contributed by atoms with Crippen LogP contribution >= 0.6 is 11.8 Å². The Labute approximate surface area is 182 Å². The molecule has 0 radical (unpaired) electrons. The second-order valence-corrected chi connectivity index (χ2v) is 8.88. The fraction of sp³-hybridized carbons (Fsp3) is 0.421. The van der Waals surface area contributed by atoms with Gasteiger partial charge < -0.3 is 4.57 Å². The third kappa shape index (κ3) is 3.46. The average Bonchev–Trinajstić information content (AvgIpc) is 3.47. The van der Waals surface area contributed by atoms with Crippen molar-refractivity contribution in [3.8, 4) is 11.5 Å². The van der Waals surface area contributed by atoms with Gasteiger partial charge in [-0.15, -0.1) is 15.3 Å². The van der Waals surface area contributed by atoms with E-state index in [0.717, 1.165) is 45.6 Å². The maximum absolute atomic E-state index is 4.70. The molecule has 0 saturated heterocycles. The van der Waals surface area contributed by atoms with Crippen molar-refractivity contribution >= 4 is 28.4 Å². The van der Waals surface area contributed by atoms with Crippen molar-refractivity contribution in [2.45, 2.75) is 38.2 Å². The van der Waals surface area contributed by atoms with Crippen molar-refractivity contribution in [3.05, 3.63) is 30.1 Å². The minimum Gasteiger partial charge on any atom is -0.300 e. The molecule has 0 aliphatic carbocycles. The first kappa shape index (κ1) is 19.7. The Balaban J connectivity index is 1.45. The number of hydrogen-bond donors (Lipinski definition) is 0. The molecule has 0 unspecified atom stereocenters. The molecule has 5 heterocycles. The van der Waals surface area contributed by atoms with Gasteiger partial charge in [-0.3, -0.25) is 9.36 Å². The highest BCUT2D eigenvalue weighted by Gasteiger charge is 2.19. The van der Waals surface area contributed by atoms with Crippen molar-refractivity contribution < 1.29 is 0 Å². The van der Waals surface area contributed by atoms with Gasteiger partial charge in [-0.2, -0.15) is 10.2 Å². The molecule has 0 amide bonds. The molecule has 0 aliphatic rings. The quantitative estimate of drug-likeness (QED) is 0.372. The number of thioether (sulfide) groups is 1. The SMILES string of the molecule is Cc1cc(-c2nnc(SCc3nc4c5cnn(C)c5ncn4n3)n2CC(C)C)nn1C. The molecule has 5 rings (SSSR count). The van der Waals surface area contributed by atoms with Crippen LogP contribution in [0.1, 0.15) is 25.4 Å². The van der Waals surface area contributed by atoms with Crippen molar-refractivity contribution in [2.75, 3.05) is 0 Å². The lowest BCUT2D eigenvalue weighted by Gasteiger charge is -2.11. The molecule has 0 spiro atoms. The van der Waals surface area contributed by atoms with Crippen LogP contribution in [-0.4, -0.2) is 53.9 Å².